The van der Waals surface area contributed by atoms with Gasteiger partial charge in [-0.2, -0.15) is 0 Å². The Morgan fingerprint density at radius 2 is 1.65 bits per heavy atom. The van der Waals surface area contributed by atoms with Crippen LogP contribution in [0.25, 0.3) is 0 Å². The largest absolute Gasteiger partial charge is 0.330 e. The van der Waals surface area contributed by atoms with Crippen LogP contribution in [0.4, 0.5) is 0 Å². The number of hydrogen-bond acceptors (Lipinski definition) is 2. The van der Waals surface area contributed by atoms with E-state index in [1.807, 2.05) is 0 Å². The number of nitrogens with two attached hydrogens (primary N) is 1. The molecule has 1 aliphatic carbocycles. The SMILES string of the molecule is Cl.NCC1CCCN(CCC2CCCCC2)C1. The number of halogens is 1. The smallest absolute Gasteiger partial charge is 0.00217 e. The highest BCUT2D eigenvalue weighted by Gasteiger charge is 2.20. The van der Waals surface area contributed by atoms with Gasteiger partial charge in [-0.05, 0) is 50.7 Å². The first-order valence-corrected chi connectivity index (χ1v) is 7.31. The van der Waals surface area contributed by atoms with Crippen molar-refractivity contribution in [1.29, 1.82) is 0 Å². The minimum atomic E-state index is 0. The van der Waals surface area contributed by atoms with Crippen LogP contribution in [0.2, 0.25) is 0 Å². The summed E-state index contributed by atoms with van der Waals surface area (Å²) in [6.45, 7) is 4.81. The fourth-order valence-corrected chi connectivity index (χ4v) is 3.39. The molecule has 17 heavy (non-hydrogen) atoms. The van der Waals surface area contributed by atoms with E-state index in [0.717, 1.165) is 18.4 Å². The minimum absolute atomic E-state index is 0. The Kier molecular flexibility index (Phi) is 7.49. The lowest BCUT2D eigenvalue weighted by Gasteiger charge is -2.33. The summed E-state index contributed by atoms with van der Waals surface area (Å²) in [5, 5.41) is 0. The van der Waals surface area contributed by atoms with E-state index in [4.69, 9.17) is 5.73 Å². The molecule has 2 N–H and O–H groups in total. The number of nitrogens with zero attached hydrogens (tertiary/aromatic N) is 1. The van der Waals surface area contributed by atoms with Crippen molar-refractivity contribution in [3.8, 4) is 0 Å². The average Bonchev–Trinajstić information content (AvgIpc) is 2.38. The highest BCUT2D eigenvalue weighted by atomic mass is 35.5. The summed E-state index contributed by atoms with van der Waals surface area (Å²) in [4.78, 5) is 2.66. The van der Waals surface area contributed by atoms with Crippen molar-refractivity contribution in [3.05, 3.63) is 0 Å². The van der Waals surface area contributed by atoms with Crippen LogP contribution in [0.3, 0.4) is 0 Å². The summed E-state index contributed by atoms with van der Waals surface area (Å²) >= 11 is 0. The molecule has 2 nitrogen and oxygen atoms in total. The molecular weight excluding hydrogens is 232 g/mol. The molecule has 102 valence electrons. The van der Waals surface area contributed by atoms with Gasteiger partial charge in [-0.15, -0.1) is 12.4 Å². The molecule has 0 aromatic carbocycles. The molecule has 0 aromatic heterocycles. The average molecular weight is 261 g/mol. The summed E-state index contributed by atoms with van der Waals surface area (Å²) in [7, 11) is 0. The monoisotopic (exact) mass is 260 g/mol. The Morgan fingerprint density at radius 1 is 0.941 bits per heavy atom. The van der Waals surface area contributed by atoms with Crippen molar-refractivity contribution < 1.29 is 0 Å². The Balaban J connectivity index is 0.00000144. The zero-order valence-electron chi connectivity index (χ0n) is 11.1. The first-order chi connectivity index (χ1) is 7.88. The van der Waals surface area contributed by atoms with Crippen LogP contribution in [0, 0.1) is 11.8 Å². The van der Waals surface area contributed by atoms with Gasteiger partial charge in [-0.3, -0.25) is 0 Å². The normalized spacial score (nSPS) is 27.7. The maximum atomic E-state index is 5.78. The molecule has 0 radical (unpaired) electrons. The third kappa shape index (κ3) is 5.15. The number of rotatable bonds is 4. The van der Waals surface area contributed by atoms with Crippen LogP contribution < -0.4 is 5.73 Å². The quantitative estimate of drug-likeness (QED) is 0.842. The number of hydrogen-bond donors (Lipinski definition) is 1. The summed E-state index contributed by atoms with van der Waals surface area (Å²) in [5.74, 6) is 1.81. The highest BCUT2D eigenvalue weighted by molar-refractivity contribution is 5.85. The summed E-state index contributed by atoms with van der Waals surface area (Å²) in [6, 6.07) is 0. The predicted molar refractivity (Wildman–Crippen MR) is 76.7 cm³/mol. The van der Waals surface area contributed by atoms with Crippen molar-refractivity contribution in [1.82, 2.24) is 4.90 Å². The lowest BCUT2D eigenvalue weighted by Crippen LogP contribution is -2.39. The van der Waals surface area contributed by atoms with E-state index >= 15 is 0 Å². The Bertz CT molecular complexity index is 193. The fourth-order valence-electron chi connectivity index (χ4n) is 3.39. The molecule has 3 heteroatoms. The molecule has 1 unspecified atom stereocenters. The number of piperidine rings is 1. The Hall–Kier alpha value is 0.210. The molecule has 1 saturated heterocycles. The highest BCUT2D eigenvalue weighted by Crippen LogP contribution is 2.27. The van der Waals surface area contributed by atoms with Gasteiger partial charge in [0.05, 0.1) is 0 Å². The minimum Gasteiger partial charge on any atom is -0.330 e. The molecule has 0 spiro atoms. The molecular formula is C14H29ClN2. The van der Waals surface area contributed by atoms with Crippen molar-refractivity contribution in [2.75, 3.05) is 26.2 Å². The van der Waals surface area contributed by atoms with Crippen LogP contribution in [0.15, 0.2) is 0 Å². The Morgan fingerprint density at radius 3 is 2.35 bits per heavy atom. The van der Waals surface area contributed by atoms with Gasteiger partial charge in [-0.1, -0.05) is 32.1 Å². The molecule has 1 saturated carbocycles. The van der Waals surface area contributed by atoms with Gasteiger partial charge in [0.2, 0.25) is 0 Å². The van der Waals surface area contributed by atoms with Crippen molar-refractivity contribution >= 4 is 12.4 Å². The van der Waals surface area contributed by atoms with E-state index in [2.05, 4.69) is 4.90 Å². The topological polar surface area (TPSA) is 29.3 Å². The van der Waals surface area contributed by atoms with Gasteiger partial charge in [-0.25, -0.2) is 0 Å². The second kappa shape index (κ2) is 8.34. The first-order valence-electron chi connectivity index (χ1n) is 7.31. The maximum Gasteiger partial charge on any atom is 0.00217 e. The van der Waals surface area contributed by atoms with E-state index in [1.165, 1.54) is 71.0 Å². The van der Waals surface area contributed by atoms with Crippen molar-refractivity contribution in [3.63, 3.8) is 0 Å². The van der Waals surface area contributed by atoms with Crippen LogP contribution in [-0.4, -0.2) is 31.1 Å². The molecule has 0 amide bonds. The summed E-state index contributed by atoms with van der Waals surface area (Å²) < 4.78 is 0. The zero-order chi connectivity index (χ0) is 11.2. The second-order valence-electron chi connectivity index (χ2n) is 5.84. The molecule has 0 aromatic rings. The van der Waals surface area contributed by atoms with Gasteiger partial charge in [0, 0.05) is 6.54 Å². The molecule has 1 heterocycles. The van der Waals surface area contributed by atoms with Gasteiger partial charge < -0.3 is 10.6 Å². The van der Waals surface area contributed by atoms with E-state index in [-0.39, 0.29) is 12.4 Å². The van der Waals surface area contributed by atoms with Gasteiger partial charge in [0.25, 0.3) is 0 Å². The van der Waals surface area contributed by atoms with Crippen LogP contribution in [-0.2, 0) is 0 Å². The maximum absolute atomic E-state index is 5.78. The van der Waals surface area contributed by atoms with E-state index in [0.29, 0.717) is 0 Å². The van der Waals surface area contributed by atoms with Crippen LogP contribution >= 0.6 is 12.4 Å². The Labute approximate surface area is 113 Å². The van der Waals surface area contributed by atoms with Crippen molar-refractivity contribution in [2.45, 2.75) is 51.4 Å². The summed E-state index contributed by atoms with van der Waals surface area (Å²) in [5.41, 5.74) is 5.78. The molecule has 2 rings (SSSR count). The zero-order valence-corrected chi connectivity index (χ0v) is 11.9. The number of likely N-dealkylation sites (tertiary alicyclic amines) is 1. The molecule has 2 aliphatic rings. The van der Waals surface area contributed by atoms with E-state index in [1.54, 1.807) is 0 Å². The van der Waals surface area contributed by atoms with Crippen LogP contribution in [0.1, 0.15) is 51.4 Å². The van der Waals surface area contributed by atoms with Gasteiger partial charge in [0.15, 0.2) is 0 Å². The molecule has 2 fully saturated rings. The standard InChI is InChI=1S/C14H28N2.ClH/c15-11-14-7-4-9-16(12-14)10-8-13-5-2-1-3-6-13;/h13-14H,1-12,15H2;1H. The fraction of sp³-hybridized carbons (Fsp3) is 1.00. The first kappa shape index (κ1) is 15.3. The summed E-state index contributed by atoms with van der Waals surface area (Å²) in [6.07, 6.45) is 11.6. The van der Waals surface area contributed by atoms with Gasteiger partial charge in [0.1, 0.15) is 0 Å². The van der Waals surface area contributed by atoms with E-state index < -0.39 is 0 Å². The lowest BCUT2D eigenvalue weighted by molar-refractivity contribution is 0.161. The van der Waals surface area contributed by atoms with E-state index in [9.17, 15) is 0 Å². The van der Waals surface area contributed by atoms with Crippen molar-refractivity contribution in [2.24, 2.45) is 17.6 Å². The van der Waals surface area contributed by atoms with Gasteiger partial charge >= 0.3 is 0 Å². The van der Waals surface area contributed by atoms with Crippen LogP contribution in [0.5, 0.6) is 0 Å². The second-order valence-corrected chi connectivity index (χ2v) is 5.84. The third-order valence-electron chi connectivity index (χ3n) is 4.51. The third-order valence-corrected chi connectivity index (χ3v) is 4.51. The predicted octanol–water partition coefficient (Wildman–Crippen LogP) is 3.05. The molecule has 0 bridgehead atoms. The lowest BCUT2D eigenvalue weighted by atomic mass is 9.86. The molecule has 1 atom stereocenters. The molecule has 1 aliphatic heterocycles.